The van der Waals surface area contributed by atoms with Gasteiger partial charge in [-0.1, -0.05) is 13.8 Å². The Morgan fingerprint density at radius 3 is 2.62 bits per heavy atom. The number of rotatable bonds is 7. The van der Waals surface area contributed by atoms with E-state index in [1.165, 1.54) is 0 Å². The molecule has 1 aliphatic rings. The zero-order chi connectivity index (χ0) is 23.3. The number of aromatic nitrogens is 2. The summed E-state index contributed by atoms with van der Waals surface area (Å²) in [5.74, 6) is 2.02. The summed E-state index contributed by atoms with van der Waals surface area (Å²) in [6.45, 7) is 13.5. The highest BCUT2D eigenvalue weighted by Gasteiger charge is 2.26. The Kier molecular flexibility index (Phi) is 8.00. The fourth-order valence-electron chi connectivity index (χ4n) is 3.37. The summed E-state index contributed by atoms with van der Waals surface area (Å²) in [6, 6.07) is 9.85. The average molecular weight is 458 g/mol. The largest absolute Gasteiger partial charge is 0.377 e. The van der Waals surface area contributed by atoms with Crippen molar-refractivity contribution in [3.05, 3.63) is 36.0 Å². The first-order chi connectivity index (χ1) is 15.2. The van der Waals surface area contributed by atoms with Gasteiger partial charge in [0.15, 0.2) is 5.82 Å². The van der Waals surface area contributed by atoms with E-state index in [-0.39, 0.29) is 16.8 Å². The molecule has 1 fully saturated rings. The Morgan fingerprint density at radius 1 is 1.28 bits per heavy atom. The van der Waals surface area contributed by atoms with Crippen molar-refractivity contribution in [2.45, 2.75) is 45.4 Å². The van der Waals surface area contributed by atoms with Crippen LogP contribution in [0.1, 0.15) is 40.3 Å². The smallest absolute Gasteiger partial charge is 0.319 e. The number of thioether (sulfide) groups is 1. The molecule has 0 spiro atoms. The van der Waals surface area contributed by atoms with Gasteiger partial charge in [0.2, 0.25) is 0 Å². The molecule has 0 aliphatic carbocycles. The van der Waals surface area contributed by atoms with E-state index in [9.17, 15) is 4.79 Å². The first kappa shape index (κ1) is 24.3. The Labute approximate surface area is 195 Å². The molecule has 7 nitrogen and oxygen atoms in total. The van der Waals surface area contributed by atoms with Crippen LogP contribution in [0.3, 0.4) is 0 Å². The van der Waals surface area contributed by atoms with Crippen LogP contribution in [0.4, 0.5) is 16.3 Å². The number of urea groups is 1. The third-order valence-corrected chi connectivity index (χ3v) is 6.80. The first-order valence-electron chi connectivity index (χ1n) is 11.1. The number of morpholine rings is 1. The van der Waals surface area contributed by atoms with E-state index in [2.05, 4.69) is 62.5 Å². The van der Waals surface area contributed by atoms with E-state index in [1.807, 2.05) is 24.3 Å². The molecule has 2 aromatic rings. The molecule has 1 aromatic heterocycles. The molecular weight excluding hydrogens is 422 g/mol. The van der Waals surface area contributed by atoms with Gasteiger partial charge < -0.3 is 20.3 Å². The molecule has 1 aliphatic heterocycles. The highest BCUT2D eigenvalue weighted by atomic mass is 32.2. The number of carbonyl (C=O) groups is 1. The molecule has 2 N–H and O–H groups in total. The molecule has 0 saturated carbocycles. The van der Waals surface area contributed by atoms with Crippen LogP contribution in [0, 0.1) is 5.92 Å². The molecule has 0 unspecified atom stereocenters. The normalized spacial score (nSPS) is 16.8. The predicted octanol–water partition coefficient (Wildman–Crippen LogP) is 4.74. The lowest BCUT2D eigenvalue weighted by Crippen LogP contribution is -2.44. The number of nitrogens with zero attached hydrogens (tertiary/aromatic N) is 3. The molecular formula is C24H35N5O2S. The van der Waals surface area contributed by atoms with Crippen LogP contribution < -0.4 is 15.5 Å². The van der Waals surface area contributed by atoms with Gasteiger partial charge in [-0.3, -0.25) is 0 Å². The minimum Gasteiger partial charge on any atom is -0.377 e. The van der Waals surface area contributed by atoms with E-state index in [0.29, 0.717) is 31.5 Å². The SMILES string of the molecule is CSC(C)(C)c1cc(N2CCOC[C@@H]2C)nc(-c2ccc(NC(=O)NCC(C)C)cc2)n1. The van der Waals surface area contributed by atoms with Gasteiger partial charge >= 0.3 is 6.03 Å². The van der Waals surface area contributed by atoms with Crippen molar-refractivity contribution in [1.82, 2.24) is 15.3 Å². The minimum atomic E-state index is -0.199. The van der Waals surface area contributed by atoms with Crippen LogP contribution in [0.5, 0.6) is 0 Å². The number of benzene rings is 1. The van der Waals surface area contributed by atoms with Gasteiger partial charge in [0.05, 0.1) is 29.7 Å². The van der Waals surface area contributed by atoms with Crippen LogP contribution in [-0.2, 0) is 9.48 Å². The maximum Gasteiger partial charge on any atom is 0.319 e. The number of ether oxygens (including phenoxy) is 1. The van der Waals surface area contributed by atoms with Crippen LogP contribution >= 0.6 is 11.8 Å². The van der Waals surface area contributed by atoms with Crippen LogP contribution in [0.2, 0.25) is 0 Å². The topological polar surface area (TPSA) is 79.4 Å². The summed E-state index contributed by atoms with van der Waals surface area (Å²) in [5, 5.41) is 5.74. The maximum absolute atomic E-state index is 12.0. The highest BCUT2D eigenvalue weighted by molar-refractivity contribution is 7.99. The number of hydrogen-bond acceptors (Lipinski definition) is 6. The molecule has 174 valence electrons. The lowest BCUT2D eigenvalue weighted by atomic mass is 10.1. The summed E-state index contributed by atoms with van der Waals surface area (Å²) < 4.78 is 5.47. The van der Waals surface area contributed by atoms with Crippen molar-refractivity contribution < 1.29 is 9.53 Å². The van der Waals surface area contributed by atoms with Gasteiger partial charge in [-0.25, -0.2) is 14.8 Å². The number of amides is 2. The molecule has 1 aromatic carbocycles. The lowest BCUT2D eigenvalue weighted by molar-refractivity contribution is 0.0985. The molecule has 1 saturated heterocycles. The van der Waals surface area contributed by atoms with Crippen LogP contribution in [0.25, 0.3) is 11.4 Å². The molecule has 0 radical (unpaired) electrons. The Hall–Kier alpha value is -2.32. The standard InChI is InChI=1S/C24H35N5O2S/c1-16(2)14-25-23(30)26-19-9-7-18(8-10-19)22-27-20(24(4,5)32-6)13-21(28-22)29-11-12-31-15-17(29)3/h7-10,13,16-17H,11-12,14-15H2,1-6H3,(H2,25,26,30)/t17-/m0/s1. The van der Waals surface area contributed by atoms with E-state index < -0.39 is 0 Å². The van der Waals surface area contributed by atoms with Gasteiger partial charge in [-0.15, -0.1) is 0 Å². The minimum absolute atomic E-state index is 0.141. The van der Waals surface area contributed by atoms with Crippen molar-refractivity contribution in [3.63, 3.8) is 0 Å². The third-order valence-electron chi connectivity index (χ3n) is 5.57. The van der Waals surface area contributed by atoms with E-state index in [1.54, 1.807) is 11.8 Å². The van der Waals surface area contributed by atoms with Gasteiger partial charge in [-0.2, -0.15) is 11.8 Å². The zero-order valence-electron chi connectivity index (χ0n) is 19.9. The molecule has 32 heavy (non-hydrogen) atoms. The first-order valence-corrected chi connectivity index (χ1v) is 12.4. The summed E-state index contributed by atoms with van der Waals surface area (Å²) in [4.78, 5) is 24.2. The summed E-state index contributed by atoms with van der Waals surface area (Å²) in [6.07, 6.45) is 2.10. The quantitative estimate of drug-likeness (QED) is 0.625. The summed E-state index contributed by atoms with van der Waals surface area (Å²) in [5.41, 5.74) is 2.65. The number of nitrogens with one attached hydrogen (secondary N) is 2. The van der Waals surface area contributed by atoms with Crippen LogP contribution in [0.15, 0.2) is 30.3 Å². The van der Waals surface area contributed by atoms with Crippen molar-refractivity contribution in [2.24, 2.45) is 5.92 Å². The fraction of sp³-hybridized carbons (Fsp3) is 0.542. The number of hydrogen-bond donors (Lipinski definition) is 2. The average Bonchev–Trinajstić information content (AvgIpc) is 2.78. The van der Waals surface area contributed by atoms with E-state index in [4.69, 9.17) is 14.7 Å². The molecule has 8 heteroatoms. The Bertz CT molecular complexity index is 917. The highest BCUT2D eigenvalue weighted by Crippen LogP contribution is 2.35. The number of carbonyl (C=O) groups excluding carboxylic acids is 1. The third kappa shape index (κ3) is 6.13. The molecule has 0 bridgehead atoms. The second-order valence-electron chi connectivity index (χ2n) is 9.07. The van der Waals surface area contributed by atoms with Crippen molar-refractivity contribution in [2.75, 3.05) is 42.8 Å². The predicted molar refractivity (Wildman–Crippen MR) is 133 cm³/mol. The lowest BCUT2D eigenvalue weighted by Gasteiger charge is -2.35. The molecule has 3 rings (SSSR count). The monoisotopic (exact) mass is 457 g/mol. The number of anilines is 2. The van der Waals surface area contributed by atoms with Crippen molar-refractivity contribution >= 4 is 29.3 Å². The zero-order valence-corrected chi connectivity index (χ0v) is 20.8. The van der Waals surface area contributed by atoms with Crippen molar-refractivity contribution in [3.8, 4) is 11.4 Å². The molecule has 2 heterocycles. The molecule has 1 atom stereocenters. The Balaban J connectivity index is 1.88. The second kappa shape index (κ2) is 10.5. The second-order valence-corrected chi connectivity index (χ2v) is 10.5. The van der Waals surface area contributed by atoms with E-state index in [0.717, 1.165) is 29.3 Å². The molecule has 2 amide bonds. The van der Waals surface area contributed by atoms with Crippen molar-refractivity contribution in [1.29, 1.82) is 0 Å². The Morgan fingerprint density at radius 2 is 2.00 bits per heavy atom. The summed E-state index contributed by atoms with van der Waals surface area (Å²) in [7, 11) is 0. The van der Waals surface area contributed by atoms with Gasteiger partial charge in [-0.05, 0) is 57.2 Å². The van der Waals surface area contributed by atoms with Gasteiger partial charge in [0.1, 0.15) is 5.82 Å². The van der Waals surface area contributed by atoms with Gasteiger partial charge in [0, 0.05) is 30.4 Å². The fourth-order valence-corrected chi connectivity index (χ4v) is 3.68. The summed E-state index contributed by atoms with van der Waals surface area (Å²) >= 11 is 1.77. The van der Waals surface area contributed by atoms with E-state index >= 15 is 0 Å². The maximum atomic E-state index is 12.0. The van der Waals surface area contributed by atoms with Crippen LogP contribution in [-0.4, -0.2) is 54.6 Å². The van der Waals surface area contributed by atoms with Gasteiger partial charge in [0.25, 0.3) is 0 Å².